The predicted molar refractivity (Wildman–Crippen MR) is 94.1 cm³/mol. The number of fused-ring (bicyclic) bond motifs is 1. The third-order valence-electron chi connectivity index (χ3n) is 3.75. The zero-order chi connectivity index (χ0) is 17.3. The molecule has 0 N–H and O–H groups in total. The van der Waals surface area contributed by atoms with E-state index in [0.29, 0.717) is 11.3 Å². The summed E-state index contributed by atoms with van der Waals surface area (Å²) >= 11 is 0. The minimum atomic E-state index is -3.92. The first-order chi connectivity index (χ1) is 11.4. The van der Waals surface area contributed by atoms with Gasteiger partial charge >= 0.3 is 0 Å². The molecule has 124 valence electrons. The number of benzene rings is 2. The van der Waals surface area contributed by atoms with Gasteiger partial charge in [0, 0.05) is 25.9 Å². The van der Waals surface area contributed by atoms with Gasteiger partial charge in [-0.05, 0) is 17.7 Å². The van der Waals surface area contributed by atoms with E-state index < -0.39 is 15.8 Å². The molecule has 0 amide bonds. The number of anilines is 1. The number of hydrogen-bond acceptors (Lipinski definition) is 4. The summed E-state index contributed by atoms with van der Waals surface area (Å²) in [4.78, 5) is 14.0. The van der Waals surface area contributed by atoms with Gasteiger partial charge < -0.3 is 4.90 Å². The summed E-state index contributed by atoms with van der Waals surface area (Å²) in [7, 11) is -0.532. The maximum absolute atomic E-state index is 13.0. The van der Waals surface area contributed by atoms with Crippen LogP contribution in [0.25, 0.3) is 0 Å². The van der Waals surface area contributed by atoms with Gasteiger partial charge in [0.15, 0.2) is 4.91 Å². The molecular formula is C18H18N2O3S. The molecular weight excluding hydrogens is 324 g/mol. The Bertz CT molecular complexity index is 903. The maximum Gasteiger partial charge on any atom is 0.270 e. The second-order valence-electron chi connectivity index (χ2n) is 5.80. The minimum Gasteiger partial charge on any atom is -0.382 e. The molecule has 24 heavy (non-hydrogen) atoms. The maximum atomic E-state index is 13.0. The van der Waals surface area contributed by atoms with Crippen LogP contribution < -0.4 is 4.31 Å². The molecule has 0 bridgehead atoms. The van der Waals surface area contributed by atoms with Gasteiger partial charge in [-0.1, -0.05) is 42.5 Å². The lowest BCUT2D eigenvalue weighted by molar-refractivity contribution is 0.104. The van der Waals surface area contributed by atoms with E-state index in [1.165, 1.54) is 10.5 Å². The van der Waals surface area contributed by atoms with Crippen molar-refractivity contribution < 1.29 is 13.2 Å². The molecule has 5 nitrogen and oxygen atoms in total. The third kappa shape index (κ3) is 2.80. The van der Waals surface area contributed by atoms with Crippen molar-refractivity contribution in [1.82, 2.24) is 4.90 Å². The highest BCUT2D eigenvalue weighted by Gasteiger charge is 2.40. The van der Waals surface area contributed by atoms with Crippen molar-refractivity contribution in [3.05, 3.63) is 76.8 Å². The smallest absolute Gasteiger partial charge is 0.270 e. The van der Waals surface area contributed by atoms with Crippen molar-refractivity contribution >= 4 is 21.5 Å². The summed E-state index contributed by atoms with van der Waals surface area (Å²) in [6, 6.07) is 16.1. The number of nitrogens with zero attached hydrogens (tertiary/aromatic N) is 2. The zero-order valence-electron chi connectivity index (χ0n) is 13.5. The summed E-state index contributed by atoms with van der Waals surface area (Å²) < 4.78 is 27.4. The molecule has 3 rings (SSSR count). The van der Waals surface area contributed by atoms with E-state index in [2.05, 4.69) is 0 Å². The van der Waals surface area contributed by atoms with E-state index in [1.807, 2.05) is 30.3 Å². The van der Waals surface area contributed by atoms with Crippen molar-refractivity contribution in [2.24, 2.45) is 0 Å². The van der Waals surface area contributed by atoms with Gasteiger partial charge in [0.05, 0.1) is 12.2 Å². The number of ketones is 1. The Morgan fingerprint density at radius 2 is 1.62 bits per heavy atom. The van der Waals surface area contributed by atoms with Crippen molar-refractivity contribution in [3.8, 4) is 0 Å². The van der Waals surface area contributed by atoms with Crippen LogP contribution in [-0.4, -0.2) is 33.2 Å². The monoisotopic (exact) mass is 342 g/mol. The van der Waals surface area contributed by atoms with Crippen LogP contribution in [0.15, 0.2) is 65.7 Å². The summed E-state index contributed by atoms with van der Waals surface area (Å²) in [5.41, 5.74) is 1.67. The summed E-state index contributed by atoms with van der Waals surface area (Å²) in [5.74, 6) is -0.469. The Morgan fingerprint density at radius 3 is 2.29 bits per heavy atom. The molecule has 0 saturated carbocycles. The quantitative estimate of drug-likeness (QED) is 0.805. The van der Waals surface area contributed by atoms with Crippen molar-refractivity contribution in [2.45, 2.75) is 6.54 Å². The van der Waals surface area contributed by atoms with Gasteiger partial charge in [-0.3, -0.25) is 9.10 Å². The number of rotatable bonds is 3. The molecule has 6 heteroatoms. The lowest BCUT2D eigenvalue weighted by atomic mass is 10.1. The average molecular weight is 342 g/mol. The van der Waals surface area contributed by atoms with Gasteiger partial charge in [-0.15, -0.1) is 0 Å². The van der Waals surface area contributed by atoms with E-state index in [4.69, 9.17) is 0 Å². The third-order valence-corrected chi connectivity index (χ3v) is 5.51. The Kier molecular flexibility index (Phi) is 4.15. The molecule has 0 atom stereocenters. The number of carbonyl (C=O) groups excluding carboxylic acids is 1. The molecule has 0 saturated heterocycles. The number of Topliss-reactive ketones (excluding diaryl/α,β-unsaturated/α-hetero) is 1. The number of sulfonamides is 1. The molecule has 1 aliphatic heterocycles. The first-order valence-corrected chi connectivity index (χ1v) is 8.94. The predicted octanol–water partition coefficient (Wildman–Crippen LogP) is 2.62. The fraction of sp³-hybridized carbons (Fsp3) is 0.167. The number of para-hydroxylation sites is 1. The van der Waals surface area contributed by atoms with Crippen LogP contribution in [0.3, 0.4) is 0 Å². The average Bonchev–Trinajstić information content (AvgIpc) is 2.56. The summed E-state index contributed by atoms with van der Waals surface area (Å²) in [5, 5.41) is 0. The molecule has 1 aliphatic rings. The molecule has 0 aliphatic carbocycles. The van der Waals surface area contributed by atoms with Crippen LogP contribution in [0.2, 0.25) is 0 Å². The molecule has 2 aromatic carbocycles. The highest BCUT2D eigenvalue weighted by Crippen LogP contribution is 2.36. The van der Waals surface area contributed by atoms with Crippen molar-refractivity contribution in [2.75, 3.05) is 18.4 Å². The Hall–Kier alpha value is -2.60. The lowest BCUT2D eigenvalue weighted by Crippen LogP contribution is -2.39. The minimum absolute atomic E-state index is 0.179. The fourth-order valence-corrected chi connectivity index (χ4v) is 4.32. The summed E-state index contributed by atoms with van der Waals surface area (Å²) in [6.07, 6.45) is 1.37. The normalized spacial score (nSPS) is 17.7. The number of carbonyl (C=O) groups is 1. The van der Waals surface area contributed by atoms with E-state index in [-0.39, 0.29) is 11.4 Å². The van der Waals surface area contributed by atoms with Crippen LogP contribution >= 0.6 is 0 Å². The first-order valence-electron chi connectivity index (χ1n) is 7.50. The van der Waals surface area contributed by atoms with E-state index in [0.717, 1.165) is 5.56 Å². The Morgan fingerprint density at radius 1 is 1.00 bits per heavy atom. The van der Waals surface area contributed by atoms with Crippen LogP contribution in [0.1, 0.15) is 15.9 Å². The Balaban J connectivity index is 2.18. The van der Waals surface area contributed by atoms with Crippen LogP contribution in [0.4, 0.5) is 5.69 Å². The highest BCUT2D eigenvalue weighted by molar-refractivity contribution is 7.97. The molecule has 0 radical (unpaired) electrons. The van der Waals surface area contributed by atoms with Gasteiger partial charge in [-0.25, -0.2) is 8.42 Å². The molecule has 0 spiro atoms. The SMILES string of the molecule is CN(C)C=C1C(=O)c2ccccc2N(Cc2ccccc2)S1(=O)=O. The summed E-state index contributed by atoms with van der Waals surface area (Å²) in [6.45, 7) is 0.179. The van der Waals surface area contributed by atoms with Gasteiger partial charge in [0.25, 0.3) is 10.0 Å². The van der Waals surface area contributed by atoms with Crippen LogP contribution in [0, 0.1) is 0 Å². The molecule has 0 aromatic heterocycles. The molecule has 0 unspecified atom stereocenters. The first kappa shape index (κ1) is 16.3. The van der Waals surface area contributed by atoms with Crippen molar-refractivity contribution in [3.63, 3.8) is 0 Å². The van der Waals surface area contributed by atoms with Gasteiger partial charge in [0.1, 0.15) is 0 Å². The highest BCUT2D eigenvalue weighted by atomic mass is 32.2. The molecule has 0 fully saturated rings. The van der Waals surface area contributed by atoms with Gasteiger partial charge in [-0.2, -0.15) is 0 Å². The number of hydrogen-bond donors (Lipinski definition) is 0. The largest absolute Gasteiger partial charge is 0.382 e. The standard InChI is InChI=1S/C18H18N2O3S/c1-19(2)13-17-18(21)15-10-6-7-11-16(15)20(24(17,22)23)12-14-8-4-3-5-9-14/h3-11,13H,12H2,1-2H3. The molecule has 1 heterocycles. The van der Waals surface area contributed by atoms with Crippen LogP contribution in [-0.2, 0) is 16.6 Å². The molecule has 2 aromatic rings. The Labute approximate surface area is 141 Å². The van der Waals surface area contributed by atoms with Crippen LogP contribution in [0.5, 0.6) is 0 Å². The van der Waals surface area contributed by atoms with E-state index >= 15 is 0 Å². The fourth-order valence-electron chi connectivity index (χ4n) is 2.66. The second kappa shape index (κ2) is 6.13. The van der Waals surface area contributed by atoms with Crippen molar-refractivity contribution in [1.29, 1.82) is 0 Å². The topological polar surface area (TPSA) is 57.7 Å². The van der Waals surface area contributed by atoms with E-state index in [1.54, 1.807) is 43.3 Å². The second-order valence-corrected chi connectivity index (χ2v) is 7.63. The lowest BCUT2D eigenvalue weighted by Gasteiger charge is -2.31. The van der Waals surface area contributed by atoms with Gasteiger partial charge in [0.2, 0.25) is 5.78 Å². The zero-order valence-corrected chi connectivity index (χ0v) is 14.3. The van der Waals surface area contributed by atoms with E-state index in [9.17, 15) is 13.2 Å². The number of allylic oxidation sites excluding steroid dienone is 1.